The zero-order valence-electron chi connectivity index (χ0n) is 15.2. The fourth-order valence-electron chi connectivity index (χ4n) is 3.59. The molecule has 3 aromatic rings. The van der Waals surface area contributed by atoms with Gasteiger partial charge in [-0.2, -0.15) is 0 Å². The molecule has 4 rings (SSSR count). The molecule has 0 fully saturated rings. The second-order valence-corrected chi connectivity index (χ2v) is 6.97. The van der Waals surface area contributed by atoms with Gasteiger partial charge in [0.05, 0.1) is 6.54 Å². The van der Waals surface area contributed by atoms with Crippen LogP contribution in [-0.2, 0) is 30.6 Å². The maximum Gasteiger partial charge on any atom is 0.246 e. The minimum Gasteiger partial charge on any atom is -0.508 e. The van der Waals surface area contributed by atoms with Crippen LogP contribution in [0.25, 0.3) is 0 Å². The number of amides is 1. The van der Waals surface area contributed by atoms with Crippen LogP contribution in [0.4, 0.5) is 0 Å². The zero-order valence-corrected chi connectivity index (χ0v) is 15.2. The molecule has 27 heavy (non-hydrogen) atoms. The molecule has 2 aromatic carbocycles. The van der Waals surface area contributed by atoms with E-state index in [9.17, 15) is 9.90 Å². The first-order valence-corrected chi connectivity index (χ1v) is 9.11. The molecule has 6 heteroatoms. The second-order valence-electron chi connectivity index (χ2n) is 6.97. The number of phenols is 1. The van der Waals surface area contributed by atoms with Crippen LogP contribution in [-0.4, -0.2) is 37.7 Å². The number of benzene rings is 2. The average Bonchev–Trinajstić information content (AvgIpc) is 3.08. The number of aromatic nitrogens is 3. The number of rotatable bonds is 5. The van der Waals surface area contributed by atoms with Crippen LogP contribution in [0.5, 0.6) is 5.75 Å². The van der Waals surface area contributed by atoms with Crippen molar-refractivity contribution < 1.29 is 9.90 Å². The lowest BCUT2D eigenvalue weighted by molar-refractivity contribution is -0.136. The van der Waals surface area contributed by atoms with E-state index in [1.54, 1.807) is 17.0 Å². The number of likely N-dealkylation sites (N-methyl/N-ethyl adjacent to an activating group) is 1. The van der Waals surface area contributed by atoms with E-state index in [0.29, 0.717) is 19.4 Å². The monoisotopic (exact) mass is 362 g/mol. The van der Waals surface area contributed by atoms with E-state index in [1.807, 2.05) is 54.1 Å². The summed E-state index contributed by atoms with van der Waals surface area (Å²) in [6.45, 7) is 0.482. The number of phenolic OH excluding ortho intramolecular Hbond substituents is 1. The van der Waals surface area contributed by atoms with E-state index >= 15 is 0 Å². The van der Waals surface area contributed by atoms with Crippen molar-refractivity contribution in [2.24, 2.45) is 0 Å². The van der Waals surface area contributed by atoms with Crippen molar-refractivity contribution >= 4 is 5.91 Å². The normalized spacial score (nSPS) is 16.4. The highest BCUT2D eigenvalue weighted by molar-refractivity contribution is 5.81. The van der Waals surface area contributed by atoms with Gasteiger partial charge in [-0.05, 0) is 29.7 Å². The Morgan fingerprint density at radius 1 is 1.00 bits per heavy atom. The summed E-state index contributed by atoms with van der Waals surface area (Å²) in [6, 6.07) is 16.9. The molecule has 138 valence electrons. The maximum absolute atomic E-state index is 12.9. The molecule has 1 atom stereocenters. The topological polar surface area (TPSA) is 71.2 Å². The first kappa shape index (κ1) is 17.3. The van der Waals surface area contributed by atoms with Gasteiger partial charge in [-0.1, -0.05) is 42.5 Å². The Kier molecular flexibility index (Phi) is 4.62. The first-order valence-electron chi connectivity index (χ1n) is 9.11. The van der Waals surface area contributed by atoms with E-state index < -0.39 is 0 Å². The lowest BCUT2D eigenvalue weighted by atomic mass is 10.0. The van der Waals surface area contributed by atoms with Gasteiger partial charge < -0.3 is 14.6 Å². The number of hydrogen-bond donors (Lipinski definition) is 1. The van der Waals surface area contributed by atoms with Gasteiger partial charge in [0.25, 0.3) is 0 Å². The third-order valence-electron chi connectivity index (χ3n) is 5.03. The molecule has 0 radical (unpaired) electrons. The van der Waals surface area contributed by atoms with Crippen LogP contribution in [0.1, 0.15) is 28.8 Å². The minimum absolute atomic E-state index is 0.0945. The molecule has 1 aliphatic heterocycles. The van der Waals surface area contributed by atoms with Crippen LogP contribution >= 0.6 is 0 Å². The fourth-order valence-corrected chi connectivity index (χ4v) is 3.59. The Labute approximate surface area is 158 Å². The van der Waals surface area contributed by atoms with Gasteiger partial charge in [-0.3, -0.25) is 4.79 Å². The van der Waals surface area contributed by atoms with Crippen LogP contribution in [0.3, 0.4) is 0 Å². The standard InChI is InChI=1S/C21H22N4O2/c1-24-14-20-23-22-19(12-9-15-7-10-17(26)11-8-15)25(20)18(21(24)27)13-16-5-3-2-4-6-16/h2-8,10-11,18,26H,9,12-14H2,1H3/t18-/m0/s1. The van der Waals surface area contributed by atoms with E-state index in [0.717, 1.165) is 29.2 Å². The summed E-state index contributed by atoms with van der Waals surface area (Å²) in [5, 5.41) is 18.1. The first-order chi connectivity index (χ1) is 13.1. The molecule has 0 spiro atoms. The summed E-state index contributed by atoms with van der Waals surface area (Å²) in [5.41, 5.74) is 2.24. The van der Waals surface area contributed by atoms with Gasteiger partial charge in [-0.25, -0.2) is 0 Å². The number of fused-ring (bicyclic) bond motifs is 1. The van der Waals surface area contributed by atoms with Gasteiger partial charge in [0, 0.05) is 19.9 Å². The van der Waals surface area contributed by atoms with Gasteiger partial charge in [0.2, 0.25) is 5.91 Å². The Bertz CT molecular complexity index is 935. The Balaban J connectivity index is 1.60. The molecule has 1 amide bonds. The number of hydrogen-bond acceptors (Lipinski definition) is 4. The summed E-state index contributed by atoms with van der Waals surface area (Å²) in [4.78, 5) is 14.6. The predicted molar refractivity (Wildman–Crippen MR) is 101 cm³/mol. The van der Waals surface area contributed by atoms with Gasteiger partial charge in [0.1, 0.15) is 17.6 Å². The van der Waals surface area contributed by atoms with E-state index in [1.165, 1.54) is 0 Å². The molecule has 2 heterocycles. The van der Waals surface area contributed by atoms with Crippen molar-refractivity contribution in [3.8, 4) is 5.75 Å². The van der Waals surface area contributed by atoms with Crippen LogP contribution in [0.2, 0.25) is 0 Å². The Morgan fingerprint density at radius 3 is 2.48 bits per heavy atom. The number of carbonyl (C=O) groups is 1. The summed E-state index contributed by atoms with van der Waals surface area (Å²) in [7, 11) is 1.81. The maximum atomic E-state index is 12.9. The average molecular weight is 362 g/mol. The fraction of sp³-hybridized carbons (Fsp3) is 0.286. The Hall–Kier alpha value is -3.15. The molecule has 0 saturated carbocycles. The molecule has 0 bridgehead atoms. The molecule has 1 N–H and O–H groups in total. The second kappa shape index (κ2) is 7.23. The van der Waals surface area contributed by atoms with Gasteiger partial charge in [0.15, 0.2) is 5.82 Å². The molecular weight excluding hydrogens is 340 g/mol. The molecule has 0 saturated heterocycles. The highest BCUT2D eigenvalue weighted by Gasteiger charge is 2.34. The molecule has 1 aliphatic rings. The summed E-state index contributed by atoms with van der Waals surface area (Å²) in [5.74, 6) is 2.02. The summed E-state index contributed by atoms with van der Waals surface area (Å²) >= 11 is 0. The van der Waals surface area contributed by atoms with Gasteiger partial charge in [-0.15, -0.1) is 10.2 Å². The lowest BCUT2D eigenvalue weighted by Gasteiger charge is -2.31. The quantitative estimate of drug-likeness (QED) is 0.757. The highest BCUT2D eigenvalue weighted by atomic mass is 16.3. The summed E-state index contributed by atoms with van der Waals surface area (Å²) in [6.07, 6.45) is 2.10. The van der Waals surface area contributed by atoms with Crippen LogP contribution < -0.4 is 0 Å². The number of aromatic hydroxyl groups is 1. The van der Waals surface area contributed by atoms with Crippen molar-refractivity contribution in [2.75, 3.05) is 7.05 Å². The van der Waals surface area contributed by atoms with Crippen LogP contribution in [0.15, 0.2) is 54.6 Å². The third kappa shape index (κ3) is 3.56. The van der Waals surface area contributed by atoms with Crippen LogP contribution in [0, 0.1) is 0 Å². The van der Waals surface area contributed by atoms with Crippen molar-refractivity contribution in [3.05, 3.63) is 77.4 Å². The molecular formula is C21H22N4O2. The smallest absolute Gasteiger partial charge is 0.246 e. The molecule has 0 unspecified atom stereocenters. The lowest BCUT2D eigenvalue weighted by Crippen LogP contribution is -2.42. The molecule has 1 aromatic heterocycles. The van der Waals surface area contributed by atoms with Crippen molar-refractivity contribution in [2.45, 2.75) is 31.8 Å². The van der Waals surface area contributed by atoms with Crippen molar-refractivity contribution in [1.29, 1.82) is 0 Å². The number of nitrogens with zero attached hydrogens (tertiary/aromatic N) is 4. The highest BCUT2D eigenvalue weighted by Crippen LogP contribution is 2.26. The predicted octanol–water partition coefficient (Wildman–Crippen LogP) is 2.52. The largest absolute Gasteiger partial charge is 0.508 e. The van der Waals surface area contributed by atoms with E-state index in [2.05, 4.69) is 10.2 Å². The summed E-state index contributed by atoms with van der Waals surface area (Å²) < 4.78 is 2.02. The number of carbonyl (C=O) groups excluding carboxylic acids is 1. The van der Waals surface area contributed by atoms with E-state index in [-0.39, 0.29) is 17.7 Å². The molecule has 6 nitrogen and oxygen atoms in total. The molecule has 0 aliphatic carbocycles. The minimum atomic E-state index is -0.314. The van der Waals surface area contributed by atoms with Gasteiger partial charge >= 0.3 is 0 Å². The Morgan fingerprint density at radius 2 is 1.74 bits per heavy atom. The van der Waals surface area contributed by atoms with Crippen molar-refractivity contribution in [1.82, 2.24) is 19.7 Å². The van der Waals surface area contributed by atoms with E-state index in [4.69, 9.17) is 0 Å². The van der Waals surface area contributed by atoms with Crippen molar-refractivity contribution in [3.63, 3.8) is 0 Å². The number of aryl methyl sites for hydroxylation is 2. The SMILES string of the molecule is CN1Cc2nnc(CCc3ccc(O)cc3)n2[C@@H](Cc2ccccc2)C1=O. The zero-order chi connectivity index (χ0) is 18.8. The third-order valence-corrected chi connectivity index (χ3v) is 5.03.